The van der Waals surface area contributed by atoms with Gasteiger partial charge in [0.25, 0.3) is 0 Å². The number of nitrogens with one attached hydrogen (secondary N) is 1. The molecule has 1 saturated carbocycles. The smallest absolute Gasteiger partial charge is 0.202 e. The number of carbonyl (C=O) groups excluding carboxylic acids is 3. The SMILES string of the molecule is CC(=O)C1=C(O)[C@@]2(O)C(=O)C3=C(O)c4c(O)c(CNCC(C)(C)C)cc(N(C)C)c4CC3CC2[C@H](N(C)C)C1=O. The lowest BCUT2D eigenvalue weighted by molar-refractivity contribution is -0.153. The molecule has 218 valence electrons. The summed E-state index contributed by atoms with van der Waals surface area (Å²) in [7, 11) is 6.94. The van der Waals surface area contributed by atoms with Crippen LogP contribution in [0.25, 0.3) is 5.76 Å². The number of rotatable bonds is 6. The third kappa shape index (κ3) is 4.52. The Morgan fingerprint density at radius 2 is 1.75 bits per heavy atom. The summed E-state index contributed by atoms with van der Waals surface area (Å²) in [4.78, 5) is 43.2. The zero-order chi connectivity index (χ0) is 30.1. The van der Waals surface area contributed by atoms with Crippen molar-refractivity contribution in [1.29, 1.82) is 0 Å². The van der Waals surface area contributed by atoms with Crippen molar-refractivity contribution in [2.75, 3.05) is 39.6 Å². The van der Waals surface area contributed by atoms with Crippen molar-refractivity contribution >= 4 is 28.8 Å². The van der Waals surface area contributed by atoms with E-state index in [4.69, 9.17) is 0 Å². The van der Waals surface area contributed by atoms with E-state index in [0.29, 0.717) is 24.2 Å². The fraction of sp³-hybridized carbons (Fsp3) is 0.567. The van der Waals surface area contributed by atoms with Gasteiger partial charge in [-0.15, -0.1) is 0 Å². The van der Waals surface area contributed by atoms with Crippen molar-refractivity contribution < 1.29 is 34.8 Å². The molecule has 0 amide bonds. The highest BCUT2D eigenvalue weighted by atomic mass is 16.3. The number of aromatic hydroxyl groups is 1. The van der Waals surface area contributed by atoms with Gasteiger partial charge in [0.1, 0.15) is 22.8 Å². The van der Waals surface area contributed by atoms with Gasteiger partial charge in [-0.25, -0.2) is 0 Å². The number of hydrogen-bond acceptors (Lipinski definition) is 10. The Balaban J connectivity index is 1.91. The van der Waals surface area contributed by atoms with Gasteiger partial charge in [0.05, 0.1) is 11.6 Å². The zero-order valence-electron chi connectivity index (χ0n) is 24.5. The van der Waals surface area contributed by atoms with Gasteiger partial charge in [0, 0.05) is 49.9 Å². The number of aliphatic hydroxyl groups is 3. The van der Waals surface area contributed by atoms with Crippen molar-refractivity contribution in [3.8, 4) is 5.75 Å². The second-order valence-corrected chi connectivity index (χ2v) is 13.0. The lowest BCUT2D eigenvalue weighted by atomic mass is 9.57. The van der Waals surface area contributed by atoms with Crippen LogP contribution in [0.4, 0.5) is 5.69 Å². The van der Waals surface area contributed by atoms with Crippen LogP contribution in [0, 0.1) is 17.3 Å². The Hall–Kier alpha value is -3.21. The maximum atomic E-state index is 14.1. The average Bonchev–Trinajstić information content (AvgIpc) is 2.81. The third-order valence-corrected chi connectivity index (χ3v) is 8.33. The van der Waals surface area contributed by atoms with E-state index in [1.165, 1.54) is 0 Å². The summed E-state index contributed by atoms with van der Waals surface area (Å²) in [6, 6.07) is 0.829. The Labute approximate surface area is 235 Å². The van der Waals surface area contributed by atoms with E-state index in [0.717, 1.165) is 12.6 Å². The highest BCUT2D eigenvalue weighted by Gasteiger charge is 2.64. The number of phenolic OH excluding ortho intramolecular Hbond substituents is 1. The molecule has 2 unspecified atom stereocenters. The molecule has 0 saturated heterocycles. The molecule has 0 heterocycles. The zero-order valence-corrected chi connectivity index (χ0v) is 24.5. The fourth-order valence-electron chi connectivity index (χ4n) is 6.55. The first-order valence-corrected chi connectivity index (χ1v) is 13.5. The maximum Gasteiger partial charge on any atom is 0.202 e. The summed E-state index contributed by atoms with van der Waals surface area (Å²) in [6.45, 7) is 8.35. The number of aliphatic hydroxyl groups excluding tert-OH is 2. The van der Waals surface area contributed by atoms with E-state index in [2.05, 4.69) is 26.1 Å². The normalized spacial score (nSPS) is 26.6. The lowest BCUT2D eigenvalue weighted by Crippen LogP contribution is -2.65. The molecule has 0 spiro atoms. The van der Waals surface area contributed by atoms with Gasteiger partial charge < -0.3 is 30.6 Å². The molecular formula is C30H41N3O7. The van der Waals surface area contributed by atoms with Gasteiger partial charge in [0.15, 0.2) is 17.2 Å². The van der Waals surface area contributed by atoms with E-state index in [1.54, 1.807) is 19.0 Å². The maximum absolute atomic E-state index is 14.1. The topological polar surface area (TPSA) is 151 Å². The van der Waals surface area contributed by atoms with Crippen molar-refractivity contribution in [3.63, 3.8) is 0 Å². The minimum absolute atomic E-state index is 0.00604. The molecule has 1 aromatic carbocycles. The van der Waals surface area contributed by atoms with Crippen LogP contribution in [-0.4, -0.2) is 89.1 Å². The molecule has 3 aliphatic carbocycles. The number of likely N-dealkylation sites (N-methyl/N-ethyl adjacent to an activating group) is 1. The molecule has 40 heavy (non-hydrogen) atoms. The Morgan fingerprint density at radius 3 is 2.27 bits per heavy atom. The minimum atomic E-state index is -2.58. The van der Waals surface area contributed by atoms with Crippen LogP contribution in [-0.2, 0) is 27.3 Å². The van der Waals surface area contributed by atoms with Crippen molar-refractivity contribution in [3.05, 3.63) is 39.7 Å². The number of nitrogens with zero attached hydrogens (tertiary/aromatic N) is 2. The minimum Gasteiger partial charge on any atom is -0.508 e. The van der Waals surface area contributed by atoms with Crippen molar-refractivity contribution in [2.45, 2.75) is 58.7 Å². The molecule has 5 N–H and O–H groups in total. The molecule has 0 aromatic heterocycles. The van der Waals surface area contributed by atoms with E-state index >= 15 is 0 Å². The molecule has 1 aromatic rings. The number of anilines is 1. The van der Waals surface area contributed by atoms with Gasteiger partial charge >= 0.3 is 0 Å². The van der Waals surface area contributed by atoms with E-state index in [1.807, 2.05) is 25.1 Å². The van der Waals surface area contributed by atoms with Crippen LogP contribution in [0.1, 0.15) is 50.8 Å². The second kappa shape index (κ2) is 10.0. The predicted octanol–water partition coefficient (Wildman–Crippen LogP) is 2.27. The fourth-order valence-corrected chi connectivity index (χ4v) is 6.55. The lowest BCUT2D eigenvalue weighted by Gasteiger charge is -2.50. The van der Waals surface area contributed by atoms with Crippen LogP contribution < -0.4 is 10.2 Å². The van der Waals surface area contributed by atoms with E-state index in [9.17, 15) is 34.8 Å². The van der Waals surface area contributed by atoms with Gasteiger partial charge in [-0.2, -0.15) is 0 Å². The first kappa shape index (κ1) is 29.8. The number of hydrogen-bond donors (Lipinski definition) is 5. The van der Waals surface area contributed by atoms with Crippen LogP contribution in [0.15, 0.2) is 23.0 Å². The van der Waals surface area contributed by atoms with Crippen molar-refractivity contribution in [1.82, 2.24) is 10.2 Å². The molecule has 1 fully saturated rings. The molecule has 4 rings (SSSR count). The molecule has 4 atom stereocenters. The summed E-state index contributed by atoms with van der Waals surface area (Å²) < 4.78 is 0. The largest absolute Gasteiger partial charge is 0.508 e. The molecule has 0 radical (unpaired) electrons. The number of phenols is 1. The quantitative estimate of drug-likeness (QED) is 0.331. The highest BCUT2D eigenvalue weighted by Crippen LogP contribution is 2.54. The van der Waals surface area contributed by atoms with Crippen LogP contribution >= 0.6 is 0 Å². The van der Waals surface area contributed by atoms with Gasteiger partial charge in [-0.1, -0.05) is 20.8 Å². The molecular weight excluding hydrogens is 514 g/mol. The number of carbonyl (C=O) groups is 3. The first-order chi connectivity index (χ1) is 18.4. The molecule has 10 nitrogen and oxygen atoms in total. The molecule has 0 bridgehead atoms. The van der Waals surface area contributed by atoms with Crippen molar-refractivity contribution in [2.24, 2.45) is 17.3 Å². The van der Waals surface area contributed by atoms with Gasteiger partial charge in [0.2, 0.25) is 5.78 Å². The van der Waals surface area contributed by atoms with Crippen LogP contribution in [0.3, 0.4) is 0 Å². The summed E-state index contributed by atoms with van der Waals surface area (Å²) in [5, 5.41) is 49.2. The van der Waals surface area contributed by atoms with Crippen LogP contribution in [0.2, 0.25) is 0 Å². The Bertz CT molecular complexity index is 1350. The number of Topliss-reactive ketones (excluding diaryl/α,β-unsaturated/α-hetero) is 3. The Kier molecular flexibility index (Phi) is 7.45. The number of ketones is 3. The average molecular weight is 556 g/mol. The highest BCUT2D eigenvalue weighted by molar-refractivity contribution is 6.25. The van der Waals surface area contributed by atoms with Gasteiger partial charge in [-0.05, 0) is 56.8 Å². The summed E-state index contributed by atoms with van der Waals surface area (Å²) in [5.74, 6) is -5.61. The molecule has 3 aliphatic rings. The van der Waals surface area contributed by atoms with Gasteiger partial charge in [-0.3, -0.25) is 19.3 Å². The summed E-state index contributed by atoms with van der Waals surface area (Å²) in [6.07, 6.45) is 0.357. The number of fused-ring (bicyclic) bond motifs is 3. The first-order valence-electron chi connectivity index (χ1n) is 13.5. The monoisotopic (exact) mass is 555 g/mol. The van der Waals surface area contributed by atoms with E-state index in [-0.39, 0.29) is 35.1 Å². The summed E-state index contributed by atoms with van der Waals surface area (Å²) >= 11 is 0. The van der Waals surface area contributed by atoms with E-state index < -0.39 is 57.9 Å². The standard InChI is InChI=1S/C30H41N3O7/c1-14(34)20-26(37)23(33(7)8)18-10-15-9-17-19(32(5)6)11-16(12-31-13-29(2,3)4)24(35)22(17)25(36)21(15)28(39)30(18,40)27(20)38/h11,15,18,23,31,35-36,38,40H,9-10,12-13H2,1-8H3/t15?,18?,23-,30+/m0/s1. The predicted molar refractivity (Wildman–Crippen MR) is 151 cm³/mol. The Morgan fingerprint density at radius 1 is 1.12 bits per heavy atom. The molecule has 10 heteroatoms. The third-order valence-electron chi connectivity index (χ3n) is 8.33. The summed E-state index contributed by atoms with van der Waals surface area (Å²) in [5.41, 5.74) is -1.22. The number of benzene rings is 1. The molecule has 0 aliphatic heterocycles. The van der Waals surface area contributed by atoms with Crippen LogP contribution in [0.5, 0.6) is 5.75 Å². The second-order valence-electron chi connectivity index (χ2n) is 13.0.